The van der Waals surface area contributed by atoms with Crippen molar-refractivity contribution in [2.24, 2.45) is 23.7 Å². The van der Waals surface area contributed by atoms with E-state index in [4.69, 9.17) is 14.2 Å². The van der Waals surface area contributed by atoms with Crippen LogP contribution in [0.3, 0.4) is 0 Å². The van der Waals surface area contributed by atoms with Gasteiger partial charge in [0.25, 0.3) is 11.8 Å². The average molecular weight is 778 g/mol. The van der Waals surface area contributed by atoms with Crippen molar-refractivity contribution in [1.29, 1.82) is 0 Å². The number of anilines is 1. The van der Waals surface area contributed by atoms with Gasteiger partial charge in [0, 0.05) is 25.3 Å². The van der Waals surface area contributed by atoms with Gasteiger partial charge in [-0.1, -0.05) is 38.1 Å². The highest BCUT2D eigenvalue weighted by Gasteiger charge is 2.46. The van der Waals surface area contributed by atoms with Crippen molar-refractivity contribution in [1.82, 2.24) is 20.9 Å². The molecule has 3 aliphatic heterocycles. The minimum atomic E-state index is -1.16. The van der Waals surface area contributed by atoms with E-state index in [1.807, 2.05) is 0 Å². The van der Waals surface area contributed by atoms with E-state index in [2.05, 4.69) is 53.3 Å². The van der Waals surface area contributed by atoms with Gasteiger partial charge in [-0.05, 0) is 61.1 Å². The van der Waals surface area contributed by atoms with Crippen LogP contribution in [0.2, 0.25) is 0 Å². The Kier molecular flexibility index (Phi) is 12.6. The number of aliphatic hydroxyl groups is 1. The molecule has 6 rings (SSSR count). The number of carbonyl (C=O) groups excluding carboxylic acids is 8. The topological polar surface area (TPSA) is 236 Å². The SMILES string of the molecule is C[C@H]1C=C2C=C[C@H](C)[C@H](CC[C@@H]3C[C@@H](O)CC(=O)O3)[C@H]2[C@@H](OC(=O)NCCOCC(=O)NCC(=O)Nc2cccc3c2C(=O)N(C2CCC(=O)NC2=O)C3=O)C1. The fraction of sp³-hybridized carbons (Fsp3) is 0.538. The van der Waals surface area contributed by atoms with Crippen LogP contribution >= 0.6 is 0 Å². The highest BCUT2D eigenvalue weighted by Crippen LogP contribution is 2.45. The lowest BCUT2D eigenvalue weighted by Crippen LogP contribution is -2.54. The molecule has 1 aromatic carbocycles. The molecule has 0 bridgehead atoms. The van der Waals surface area contributed by atoms with Crippen LogP contribution in [0.4, 0.5) is 10.5 Å². The number of amides is 7. The van der Waals surface area contributed by atoms with E-state index in [1.165, 1.54) is 18.2 Å². The van der Waals surface area contributed by atoms with Crippen LogP contribution < -0.4 is 21.3 Å². The molecule has 2 aliphatic carbocycles. The van der Waals surface area contributed by atoms with Crippen molar-refractivity contribution < 1.29 is 57.7 Å². The third kappa shape index (κ3) is 9.33. The van der Waals surface area contributed by atoms with Gasteiger partial charge in [-0.3, -0.25) is 43.8 Å². The van der Waals surface area contributed by atoms with Crippen molar-refractivity contribution in [2.75, 3.05) is 31.6 Å². The van der Waals surface area contributed by atoms with Gasteiger partial charge in [-0.25, -0.2) is 4.79 Å². The van der Waals surface area contributed by atoms with Crippen LogP contribution in [-0.2, 0) is 38.2 Å². The Hall–Kier alpha value is -5.42. The standard InChI is InChI=1S/C39H47N5O12/c1-20-14-22-7-6-21(2)25(9-8-24-16-23(45)17-33(49)55-24)34(22)29(15-20)56-39(53)40-12-13-54-19-32(48)41-18-31(47)42-27-5-3-4-26-35(27)38(52)44(37(26)51)28-10-11-30(46)43-36(28)50/h3-7,14,20-21,23-25,28-29,34,45H,8-13,15-19H2,1-2H3,(H,40,53)(H,41,48)(H,42,47)(H,43,46,50)/t20-,21-,23+,24+,25-,28?,29-,34-/m0/s1. The summed E-state index contributed by atoms with van der Waals surface area (Å²) in [5.41, 5.74) is 1.04. The minimum absolute atomic E-state index is 0.00507. The van der Waals surface area contributed by atoms with E-state index >= 15 is 0 Å². The molecule has 1 aromatic rings. The third-order valence-electron chi connectivity index (χ3n) is 10.8. The van der Waals surface area contributed by atoms with Crippen LogP contribution in [0.1, 0.15) is 79.5 Å². The summed E-state index contributed by atoms with van der Waals surface area (Å²) in [4.78, 5) is 101. The first-order chi connectivity index (χ1) is 26.8. The number of hydrogen-bond acceptors (Lipinski definition) is 12. The van der Waals surface area contributed by atoms with Crippen LogP contribution in [-0.4, -0.2) is 108 Å². The fourth-order valence-electron chi connectivity index (χ4n) is 8.25. The maximum Gasteiger partial charge on any atom is 0.407 e. The zero-order valence-electron chi connectivity index (χ0n) is 31.2. The van der Waals surface area contributed by atoms with E-state index in [-0.39, 0.29) is 85.1 Å². The molecule has 17 nitrogen and oxygen atoms in total. The highest BCUT2D eigenvalue weighted by molar-refractivity contribution is 6.26. The smallest absolute Gasteiger partial charge is 0.407 e. The molecule has 0 radical (unpaired) electrons. The number of alkyl carbamates (subject to hydrolysis) is 1. The lowest BCUT2D eigenvalue weighted by atomic mass is 9.65. The van der Waals surface area contributed by atoms with Gasteiger partial charge >= 0.3 is 12.1 Å². The number of piperidine rings is 1. The fourth-order valence-corrected chi connectivity index (χ4v) is 8.25. The van der Waals surface area contributed by atoms with Gasteiger partial charge < -0.3 is 35.3 Å². The summed E-state index contributed by atoms with van der Waals surface area (Å²) >= 11 is 0. The molecule has 3 heterocycles. The van der Waals surface area contributed by atoms with E-state index in [0.717, 1.165) is 16.9 Å². The lowest BCUT2D eigenvalue weighted by molar-refractivity contribution is -0.160. The first-order valence-corrected chi connectivity index (χ1v) is 19.0. The molecule has 0 saturated carbocycles. The molecular formula is C39H47N5O12. The number of esters is 1. The number of nitrogens with one attached hydrogen (secondary N) is 4. The summed E-state index contributed by atoms with van der Waals surface area (Å²) in [6.45, 7) is 3.34. The Balaban J connectivity index is 0.916. The van der Waals surface area contributed by atoms with Gasteiger partial charge in [-0.15, -0.1) is 0 Å². The number of allylic oxidation sites excluding steroid dienone is 3. The predicted octanol–water partition coefficient (Wildman–Crippen LogP) is 1.51. The van der Waals surface area contributed by atoms with Crippen LogP contribution in [0.5, 0.6) is 0 Å². The van der Waals surface area contributed by atoms with E-state index in [1.54, 1.807) is 0 Å². The van der Waals surface area contributed by atoms with Crippen molar-refractivity contribution in [3.05, 3.63) is 53.1 Å². The quantitative estimate of drug-likeness (QED) is 0.109. The van der Waals surface area contributed by atoms with Gasteiger partial charge in [-0.2, -0.15) is 0 Å². The maximum atomic E-state index is 13.2. The largest absolute Gasteiger partial charge is 0.462 e. The molecule has 2 fully saturated rings. The number of aliphatic hydroxyl groups excluding tert-OH is 1. The lowest BCUT2D eigenvalue weighted by Gasteiger charge is -2.43. The second-order valence-electron chi connectivity index (χ2n) is 15.0. The number of hydrogen-bond donors (Lipinski definition) is 5. The zero-order valence-corrected chi connectivity index (χ0v) is 31.2. The Bertz CT molecular complexity index is 1840. The molecule has 300 valence electrons. The number of ether oxygens (including phenoxy) is 3. The highest BCUT2D eigenvalue weighted by atomic mass is 16.6. The Labute approximate surface area is 322 Å². The summed E-state index contributed by atoms with van der Waals surface area (Å²) in [6, 6.07) is 3.11. The number of rotatable bonds is 13. The van der Waals surface area contributed by atoms with Crippen molar-refractivity contribution >= 4 is 53.2 Å². The molecule has 5 aliphatic rings. The first kappa shape index (κ1) is 40.2. The number of imide groups is 2. The van der Waals surface area contributed by atoms with Crippen LogP contribution in [0.25, 0.3) is 0 Å². The molecule has 2 saturated heterocycles. The molecule has 1 unspecified atom stereocenters. The van der Waals surface area contributed by atoms with Crippen molar-refractivity contribution in [2.45, 2.75) is 83.1 Å². The number of benzene rings is 1. The summed E-state index contributed by atoms with van der Waals surface area (Å²) in [5, 5.41) is 19.8. The average Bonchev–Trinajstić information content (AvgIpc) is 3.39. The first-order valence-electron chi connectivity index (χ1n) is 19.0. The molecular weight excluding hydrogens is 730 g/mol. The maximum absolute atomic E-state index is 13.2. The summed E-state index contributed by atoms with van der Waals surface area (Å²) < 4.78 is 16.8. The monoisotopic (exact) mass is 777 g/mol. The van der Waals surface area contributed by atoms with E-state index in [0.29, 0.717) is 19.3 Å². The van der Waals surface area contributed by atoms with Gasteiger partial charge in [0.05, 0.1) is 42.5 Å². The number of carbonyl (C=O) groups is 8. The number of nitrogens with zero attached hydrogens (tertiary/aromatic N) is 1. The molecule has 17 heteroatoms. The molecule has 8 atom stereocenters. The molecule has 0 aromatic heterocycles. The molecule has 56 heavy (non-hydrogen) atoms. The van der Waals surface area contributed by atoms with Crippen molar-refractivity contribution in [3.63, 3.8) is 0 Å². The Morgan fingerprint density at radius 2 is 1.82 bits per heavy atom. The summed E-state index contributed by atoms with van der Waals surface area (Å²) in [7, 11) is 0. The second-order valence-corrected chi connectivity index (χ2v) is 15.0. The normalized spacial score (nSPS) is 28.4. The third-order valence-corrected chi connectivity index (χ3v) is 10.8. The van der Waals surface area contributed by atoms with Gasteiger partial charge in [0.15, 0.2) is 0 Å². The summed E-state index contributed by atoms with van der Waals surface area (Å²) in [5.74, 6) is -3.98. The second kappa shape index (κ2) is 17.6. The van der Waals surface area contributed by atoms with Crippen LogP contribution in [0.15, 0.2) is 42.0 Å². The Morgan fingerprint density at radius 1 is 1.02 bits per heavy atom. The summed E-state index contributed by atoms with van der Waals surface area (Å²) in [6.07, 6.45) is 6.75. The van der Waals surface area contributed by atoms with Crippen LogP contribution in [0, 0.1) is 23.7 Å². The predicted molar refractivity (Wildman–Crippen MR) is 195 cm³/mol. The van der Waals surface area contributed by atoms with E-state index in [9.17, 15) is 43.5 Å². The van der Waals surface area contributed by atoms with Gasteiger partial charge in [0.2, 0.25) is 23.6 Å². The molecule has 7 amide bonds. The minimum Gasteiger partial charge on any atom is -0.462 e. The molecule has 5 N–H and O–H groups in total. The number of fused-ring (bicyclic) bond motifs is 2. The number of cyclic esters (lactones) is 1. The molecule has 0 spiro atoms. The Morgan fingerprint density at radius 3 is 2.59 bits per heavy atom. The van der Waals surface area contributed by atoms with E-state index < -0.39 is 72.8 Å². The van der Waals surface area contributed by atoms with Gasteiger partial charge in [0.1, 0.15) is 24.9 Å². The van der Waals surface area contributed by atoms with Crippen molar-refractivity contribution in [3.8, 4) is 0 Å². The zero-order chi connectivity index (χ0) is 40.1.